The lowest BCUT2D eigenvalue weighted by atomic mass is 10.0. The van der Waals surface area contributed by atoms with Gasteiger partial charge in [-0.25, -0.2) is 9.50 Å². The molecule has 0 saturated carbocycles. The van der Waals surface area contributed by atoms with Crippen LogP contribution >= 0.6 is 23.1 Å². The number of likely N-dealkylation sites (N-methyl/N-ethyl adjacent to an activating group) is 1. The molecule has 4 aromatic rings. The molecule has 44 heavy (non-hydrogen) atoms. The van der Waals surface area contributed by atoms with E-state index in [0.717, 1.165) is 43.1 Å². The van der Waals surface area contributed by atoms with Gasteiger partial charge in [-0.2, -0.15) is 10.1 Å². The second-order valence-corrected chi connectivity index (χ2v) is 16.1. The summed E-state index contributed by atoms with van der Waals surface area (Å²) in [5.74, 6) is 1.68. The number of nitrogens with one attached hydrogen (secondary N) is 2. The van der Waals surface area contributed by atoms with E-state index in [1.807, 2.05) is 18.2 Å². The highest BCUT2D eigenvalue weighted by Gasteiger charge is 2.28. The van der Waals surface area contributed by atoms with Crippen LogP contribution in [0.4, 0.5) is 28.8 Å². The molecular weight excluding hydrogens is 641 g/mol. The average Bonchev–Trinajstić information content (AvgIpc) is 3.47. The second-order valence-electron chi connectivity index (χ2n) is 12.1. The van der Waals surface area contributed by atoms with Gasteiger partial charge in [-0.1, -0.05) is 0 Å². The van der Waals surface area contributed by atoms with Crippen molar-refractivity contribution < 1.29 is 9.30 Å². The molecule has 0 bridgehead atoms. The van der Waals surface area contributed by atoms with Crippen LogP contribution in [0.1, 0.15) is 18.4 Å². The standard InChI is InChI=1S/C31H41BrN9O2P/c1-21-18-26(28(43-3)19-27(21)40-12-9-22(10-13-40)39-16-14-38(2)15-17-39)36-31-33-20-24(32)29(37-31)35-25-7-6-23-8-11-34-41(23)30(25)44(4,5)42/h6-8,11,18-20,22H,9-10,12-17H2,1-5H3,(H2,33,35,36,37). The summed E-state index contributed by atoms with van der Waals surface area (Å²) < 4.78 is 21.5. The number of hydrogen-bond acceptors (Lipinski definition) is 10. The number of rotatable bonds is 8. The monoisotopic (exact) mass is 681 g/mol. The topological polar surface area (TPSA) is 103 Å². The number of aromatic nitrogens is 4. The minimum Gasteiger partial charge on any atom is -0.494 e. The van der Waals surface area contributed by atoms with Crippen LogP contribution in [-0.2, 0) is 4.57 Å². The highest BCUT2D eigenvalue weighted by atomic mass is 79.9. The van der Waals surface area contributed by atoms with Crippen LogP contribution in [-0.4, -0.2) is 102 Å². The van der Waals surface area contributed by atoms with Crippen LogP contribution < -0.4 is 25.7 Å². The van der Waals surface area contributed by atoms with Gasteiger partial charge >= 0.3 is 0 Å². The zero-order valence-electron chi connectivity index (χ0n) is 26.0. The van der Waals surface area contributed by atoms with Crippen molar-refractivity contribution >= 4 is 62.9 Å². The van der Waals surface area contributed by atoms with Crippen LogP contribution in [0.5, 0.6) is 5.75 Å². The molecule has 234 valence electrons. The molecular formula is C31H41BrN9O2P. The molecule has 0 unspecified atom stereocenters. The number of piperidine rings is 1. The van der Waals surface area contributed by atoms with E-state index in [1.54, 1.807) is 37.3 Å². The molecule has 2 saturated heterocycles. The lowest BCUT2D eigenvalue weighted by Crippen LogP contribution is -2.52. The Labute approximate surface area is 267 Å². The Hall–Kier alpha value is -3.18. The summed E-state index contributed by atoms with van der Waals surface area (Å²) in [7, 11) is 1.21. The van der Waals surface area contributed by atoms with E-state index in [4.69, 9.17) is 9.72 Å². The smallest absolute Gasteiger partial charge is 0.229 e. The summed E-state index contributed by atoms with van der Waals surface area (Å²) >= 11 is 3.57. The number of hydrogen-bond donors (Lipinski definition) is 2. The molecule has 11 nitrogen and oxygen atoms in total. The largest absolute Gasteiger partial charge is 0.494 e. The third kappa shape index (κ3) is 6.44. The Kier molecular flexibility index (Phi) is 8.88. The number of halogens is 1. The van der Waals surface area contributed by atoms with Crippen molar-refractivity contribution in [3.8, 4) is 5.75 Å². The molecule has 2 aliphatic rings. The molecule has 5 heterocycles. The van der Waals surface area contributed by atoms with Gasteiger partial charge in [0.1, 0.15) is 24.1 Å². The summed E-state index contributed by atoms with van der Waals surface area (Å²) in [4.78, 5) is 16.8. The lowest BCUT2D eigenvalue weighted by molar-refractivity contribution is 0.0982. The first-order valence-electron chi connectivity index (χ1n) is 15.1. The van der Waals surface area contributed by atoms with Crippen molar-refractivity contribution in [2.45, 2.75) is 25.8 Å². The minimum atomic E-state index is -2.69. The van der Waals surface area contributed by atoms with Gasteiger partial charge in [-0.15, -0.1) is 0 Å². The van der Waals surface area contributed by atoms with E-state index in [0.29, 0.717) is 33.4 Å². The van der Waals surface area contributed by atoms with E-state index >= 15 is 0 Å². The Morgan fingerprint density at radius 3 is 2.45 bits per heavy atom. The van der Waals surface area contributed by atoms with E-state index < -0.39 is 7.14 Å². The average molecular weight is 683 g/mol. The number of piperazine rings is 1. The number of methoxy groups -OCH3 is 1. The van der Waals surface area contributed by atoms with Crippen molar-refractivity contribution in [3.05, 3.63) is 52.8 Å². The molecule has 2 fully saturated rings. The molecule has 13 heteroatoms. The molecule has 0 atom stereocenters. The predicted molar refractivity (Wildman–Crippen MR) is 183 cm³/mol. The fraction of sp³-hybridized carbons (Fsp3) is 0.452. The zero-order chi connectivity index (χ0) is 31.0. The van der Waals surface area contributed by atoms with Crippen molar-refractivity contribution in [2.24, 2.45) is 0 Å². The van der Waals surface area contributed by atoms with Crippen molar-refractivity contribution in [1.29, 1.82) is 0 Å². The van der Waals surface area contributed by atoms with Crippen LogP contribution in [0.15, 0.2) is 47.2 Å². The number of nitrogens with zero attached hydrogens (tertiary/aromatic N) is 7. The van der Waals surface area contributed by atoms with Gasteiger partial charge in [-0.05, 0) is 85.9 Å². The number of aryl methyl sites for hydroxylation is 1. The van der Waals surface area contributed by atoms with Gasteiger partial charge < -0.3 is 29.7 Å². The summed E-state index contributed by atoms with van der Waals surface area (Å²) in [5.41, 5.74) is 5.34. The molecule has 1 aromatic carbocycles. The van der Waals surface area contributed by atoms with Crippen LogP contribution in [0, 0.1) is 6.92 Å². The Morgan fingerprint density at radius 1 is 1.00 bits per heavy atom. The van der Waals surface area contributed by atoms with Gasteiger partial charge in [0.2, 0.25) is 5.95 Å². The second kappa shape index (κ2) is 12.7. The van der Waals surface area contributed by atoms with E-state index in [-0.39, 0.29) is 0 Å². The van der Waals surface area contributed by atoms with E-state index in [2.05, 4.69) is 77.5 Å². The molecule has 2 aliphatic heterocycles. The maximum Gasteiger partial charge on any atom is 0.229 e. The molecule has 6 rings (SSSR count). The normalized spacial score (nSPS) is 17.3. The minimum absolute atomic E-state index is 0.409. The summed E-state index contributed by atoms with van der Waals surface area (Å²) in [6, 6.07) is 10.6. The lowest BCUT2D eigenvalue weighted by Gasteiger charge is -2.43. The van der Waals surface area contributed by atoms with Gasteiger partial charge in [0.05, 0.1) is 34.7 Å². The van der Waals surface area contributed by atoms with Crippen LogP contribution in [0.2, 0.25) is 0 Å². The molecule has 0 radical (unpaired) electrons. The van der Waals surface area contributed by atoms with Gasteiger partial charge in [-0.3, -0.25) is 4.90 Å². The van der Waals surface area contributed by atoms with E-state index in [9.17, 15) is 4.57 Å². The first kappa shape index (κ1) is 30.8. The quantitative estimate of drug-likeness (QED) is 0.243. The fourth-order valence-corrected chi connectivity index (χ4v) is 7.92. The first-order valence-corrected chi connectivity index (χ1v) is 18.4. The first-order chi connectivity index (χ1) is 21.1. The maximum absolute atomic E-state index is 13.3. The number of pyridine rings is 1. The number of fused-ring (bicyclic) bond motifs is 1. The molecule has 0 aliphatic carbocycles. The summed E-state index contributed by atoms with van der Waals surface area (Å²) in [5, 5.41) is 11.1. The van der Waals surface area contributed by atoms with Gasteiger partial charge in [0.15, 0.2) is 0 Å². The third-order valence-corrected chi connectivity index (χ3v) is 10.7. The maximum atomic E-state index is 13.3. The van der Waals surface area contributed by atoms with Gasteiger partial charge in [0, 0.05) is 63.3 Å². The SMILES string of the molecule is COc1cc(N2CCC(N3CCN(C)CC3)CC2)c(C)cc1Nc1ncc(Br)c(Nc2ccc3ccnn3c2P(C)(C)=O)n1. The molecule has 0 amide bonds. The predicted octanol–water partition coefficient (Wildman–Crippen LogP) is 5.16. The van der Waals surface area contributed by atoms with Crippen LogP contribution in [0.25, 0.3) is 5.52 Å². The zero-order valence-corrected chi connectivity index (χ0v) is 28.5. The number of ether oxygens (including phenoxy) is 1. The number of benzene rings is 1. The van der Waals surface area contributed by atoms with E-state index in [1.165, 1.54) is 37.2 Å². The summed E-state index contributed by atoms with van der Waals surface area (Å²) in [6.45, 7) is 12.3. The molecule has 2 N–H and O–H groups in total. The Bertz CT molecular complexity index is 1690. The molecule has 3 aromatic heterocycles. The Balaban J connectivity index is 1.20. The van der Waals surface area contributed by atoms with Gasteiger partial charge in [0.25, 0.3) is 0 Å². The highest BCUT2D eigenvalue weighted by molar-refractivity contribution is 9.10. The number of anilines is 5. The highest BCUT2D eigenvalue weighted by Crippen LogP contribution is 2.40. The van der Waals surface area contributed by atoms with Crippen molar-refractivity contribution in [2.75, 3.05) is 82.3 Å². The fourth-order valence-electron chi connectivity index (χ4n) is 6.30. The van der Waals surface area contributed by atoms with Crippen molar-refractivity contribution in [1.82, 2.24) is 29.4 Å². The van der Waals surface area contributed by atoms with Crippen LogP contribution in [0.3, 0.4) is 0 Å². The van der Waals surface area contributed by atoms with Crippen molar-refractivity contribution in [3.63, 3.8) is 0 Å². The third-order valence-electron chi connectivity index (χ3n) is 8.67. The molecule has 0 spiro atoms. The summed E-state index contributed by atoms with van der Waals surface area (Å²) in [6.07, 6.45) is 5.75. The Morgan fingerprint density at radius 2 is 1.75 bits per heavy atom.